The molecule has 2 heterocycles. The van der Waals surface area contributed by atoms with Crippen molar-refractivity contribution >= 4 is 43.6 Å². The summed E-state index contributed by atoms with van der Waals surface area (Å²) in [4.78, 5) is 0. The largest absolute Gasteiger partial charge is 0.497 e. The van der Waals surface area contributed by atoms with Crippen LogP contribution in [0.2, 0.25) is 0 Å². The van der Waals surface area contributed by atoms with Gasteiger partial charge in [-0.25, -0.2) is 0 Å². The summed E-state index contributed by atoms with van der Waals surface area (Å²) in [6, 6.07) is 50.6. The molecule has 0 unspecified atom stereocenters. The van der Waals surface area contributed by atoms with E-state index in [9.17, 15) is 0 Å². The second-order valence-corrected chi connectivity index (χ2v) is 10.1. The van der Waals surface area contributed by atoms with Crippen molar-refractivity contribution in [2.45, 2.75) is 0 Å². The first-order valence-electron chi connectivity index (χ1n) is 13.5. The van der Waals surface area contributed by atoms with Gasteiger partial charge in [0.15, 0.2) is 0 Å². The summed E-state index contributed by atoms with van der Waals surface area (Å²) in [6.45, 7) is 0. The number of para-hydroxylation sites is 2. The van der Waals surface area contributed by atoms with Crippen LogP contribution in [0, 0.1) is 37.2 Å². The summed E-state index contributed by atoms with van der Waals surface area (Å²) in [5.74, 6) is 0.856. The fourth-order valence-corrected chi connectivity index (χ4v) is 6.12. The zero-order valence-electron chi connectivity index (χ0n) is 22.5. The molecule has 0 spiro atoms. The quantitative estimate of drug-likeness (QED) is 0.164. The molecule has 0 fully saturated rings. The van der Waals surface area contributed by atoms with E-state index in [2.05, 4.69) is 124 Å². The third kappa shape index (κ3) is 4.10. The molecule has 0 bridgehead atoms. The van der Waals surface area contributed by atoms with Crippen molar-refractivity contribution in [2.75, 3.05) is 7.11 Å². The molecule has 8 aromatic rings. The van der Waals surface area contributed by atoms with E-state index in [1.807, 2.05) is 24.3 Å². The molecule has 41 heavy (non-hydrogen) atoms. The van der Waals surface area contributed by atoms with E-state index in [1.165, 1.54) is 54.7 Å². The summed E-state index contributed by atoms with van der Waals surface area (Å²) < 4.78 is 10.1. The fraction of sp³-hybridized carbons (Fsp3) is 0.0270. The normalized spacial score (nSPS) is 11.3. The third-order valence-electron chi connectivity index (χ3n) is 7.97. The van der Waals surface area contributed by atoms with Crippen molar-refractivity contribution in [1.82, 2.24) is 9.13 Å². The van der Waals surface area contributed by atoms with Gasteiger partial charge in [0, 0.05) is 58.3 Å². The van der Waals surface area contributed by atoms with Gasteiger partial charge in [-0.05, 0) is 71.8 Å². The fourth-order valence-electron chi connectivity index (χ4n) is 6.12. The summed E-state index contributed by atoms with van der Waals surface area (Å²) in [6.07, 6.45) is 0. The topological polar surface area (TPSA) is 19.1 Å². The smallest absolute Gasteiger partial charge is 0.119 e. The van der Waals surface area contributed by atoms with Gasteiger partial charge in [-0.3, -0.25) is 0 Å². The van der Waals surface area contributed by atoms with Gasteiger partial charge in [0.25, 0.3) is 0 Å². The number of methoxy groups -OCH3 is 1. The van der Waals surface area contributed by atoms with E-state index in [1.54, 1.807) is 7.11 Å². The molecule has 8 rings (SSSR count). The Kier molecular flexibility index (Phi) is 6.47. The standard InChI is InChI=1S/C37H25N2O.U/c1-40-29-19-17-28(18-20-29)39-35-14-8-6-12-31(35)33-24-26(16-22-37(33)39)25-15-21-36-32(23-25)30-11-5-7-13-34(30)38(36)27-9-3-2-4-10-27;/h3-24H,1H3;/q-1;. The predicted molar refractivity (Wildman–Crippen MR) is 166 cm³/mol. The van der Waals surface area contributed by atoms with Crippen LogP contribution in [0.25, 0.3) is 66.1 Å². The van der Waals surface area contributed by atoms with Crippen molar-refractivity contribution in [2.24, 2.45) is 0 Å². The number of hydrogen-bond donors (Lipinski definition) is 0. The van der Waals surface area contributed by atoms with Crippen LogP contribution in [-0.4, -0.2) is 16.2 Å². The maximum Gasteiger partial charge on any atom is 0.119 e. The van der Waals surface area contributed by atoms with Crippen LogP contribution >= 0.6 is 0 Å². The van der Waals surface area contributed by atoms with Gasteiger partial charge in [-0.15, -0.1) is 12.1 Å². The molecular formula is C37H25N2OU-. The van der Waals surface area contributed by atoms with Crippen LogP contribution in [0.3, 0.4) is 0 Å². The van der Waals surface area contributed by atoms with Gasteiger partial charge in [-0.2, -0.15) is 18.2 Å². The van der Waals surface area contributed by atoms with Gasteiger partial charge in [-0.1, -0.05) is 54.2 Å². The maximum atomic E-state index is 5.40. The molecule has 0 saturated heterocycles. The van der Waals surface area contributed by atoms with Crippen LogP contribution in [0.1, 0.15) is 0 Å². The number of aromatic nitrogens is 2. The molecule has 0 amide bonds. The second-order valence-electron chi connectivity index (χ2n) is 10.1. The number of ether oxygens (including phenoxy) is 1. The molecule has 0 N–H and O–H groups in total. The summed E-state index contributed by atoms with van der Waals surface area (Å²) in [5, 5.41) is 4.99. The van der Waals surface area contributed by atoms with Crippen molar-refractivity contribution in [3.05, 3.63) is 140 Å². The first-order chi connectivity index (χ1) is 19.8. The Morgan fingerprint density at radius 2 is 0.951 bits per heavy atom. The molecule has 3 nitrogen and oxygen atoms in total. The molecular weight excluding hydrogens is 726 g/mol. The number of hydrogen-bond acceptors (Lipinski definition) is 1. The Bertz CT molecular complexity index is 2190. The Balaban J connectivity index is 0.00000276. The van der Waals surface area contributed by atoms with Crippen LogP contribution in [-0.2, 0) is 0 Å². The molecule has 0 atom stereocenters. The van der Waals surface area contributed by atoms with E-state index in [0.29, 0.717) is 0 Å². The maximum absolute atomic E-state index is 5.40. The van der Waals surface area contributed by atoms with E-state index < -0.39 is 0 Å². The van der Waals surface area contributed by atoms with E-state index in [0.717, 1.165) is 17.1 Å². The minimum Gasteiger partial charge on any atom is -0.497 e. The minimum absolute atomic E-state index is 0. The van der Waals surface area contributed by atoms with Gasteiger partial charge < -0.3 is 13.9 Å². The third-order valence-corrected chi connectivity index (χ3v) is 7.97. The van der Waals surface area contributed by atoms with Crippen LogP contribution in [0.15, 0.2) is 133 Å². The second kappa shape index (κ2) is 10.3. The molecule has 0 aliphatic rings. The van der Waals surface area contributed by atoms with Gasteiger partial charge >= 0.3 is 0 Å². The molecule has 0 aliphatic heterocycles. The van der Waals surface area contributed by atoms with E-state index in [-0.39, 0.29) is 31.1 Å². The Hall–Kier alpha value is -4.23. The van der Waals surface area contributed by atoms with Crippen LogP contribution in [0.5, 0.6) is 5.75 Å². The number of rotatable bonds is 4. The summed E-state index contributed by atoms with van der Waals surface area (Å²) >= 11 is 0. The summed E-state index contributed by atoms with van der Waals surface area (Å²) in [7, 11) is 1.70. The molecule has 4 heteroatoms. The Morgan fingerprint density at radius 1 is 0.488 bits per heavy atom. The number of fused-ring (bicyclic) bond motifs is 6. The molecule has 194 valence electrons. The Morgan fingerprint density at radius 3 is 1.46 bits per heavy atom. The zero-order chi connectivity index (χ0) is 26.6. The monoisotopic (exact) mass is 751 g/mol. The van der Waals surface area contributed by atoms with Gasteiger partial charge in [0.2, 0.25) is 0 Å². The Labute approximate surface area is 262 Å². The van der Waals surface area contributed by atoms with E-state index >= 15 is 0 Å². The molecule has 0 saturated carbocycles. The number of benzene rings is 6. The van der Waals surface area contributed by atoms with Crippen LogP contribution < -0.4 is 4.74 Å². The molecule has 6 aromatic carbocycles. The van der Waals surface area contributed by atoms with Crippen LogP contribution in [0.4, 0.5) is 0 Å². The first-order valence-corrected chi connectivity index (χ1v) is 13.5. The average Bonchev–Trinajstić information content (AvgIpc) is 3.54. The molecule has 0 radical (unpaired) electrons. The summed E-state index contributed by atoms with van der Waals surface area (Å²) in [5.41, 5.74) is 9.47. The van der Waals surface area contributed by atoms with Gasteiger partial charge in [0.1, 0.15) is 5.75 Å². The molecule has 2 aromatic heterocycles. The first kappa shape index (κ1) is 25.7. The van der Waals surface area contributed by atoms with Crippen molar-refractivity contribution < 1.29 is 35.9 Å². The van der Waals surface area contributed by atoms with Crippen molar-refractivity contribution in [3.63, 3.8) is 0 Å². The van der Waals surface area contributed by atoms with Crippen molar-refractivity contribution in [1.29, 1.82) is 0 Å². The van der Waals surface area contributed by atoms with Gasteiger partial charge in [0.05, 0.1) is 29.2 Å². The van der Waals surface area contributed by atoms with E-state index in [4.69, 9.17) is 4.74 Å². The SMILES string of the molecule is COc1ccc(-n2c3ccccc3c3cc(-c4ccc5c(c4)c4ccccc4n5-c4cc[c-]cc4)ccc32)cc1.[U]. The average molecular weight is 752 g/mol. The molecule has 0 aliphatic carbocycles. The van der Waals surface area contributed by atoms with Crippen molar-refractivity contribution in [3.8, 4) is 28.3 Å². The minimum atomic E-state index is 0. The predicted octanol–water partition coefficient (Wildman–Crippen LogP) is 9.36. The number of nitrogens with zero attached hydrogens (tertiary/aromatic N) is 2. The zero-order valence-corrected chi connectivity index (χ0v) is 26.7.